The van der Waals surface area contributed by atoms with Gasteiger partial charge in [-0.3, -0.25) is 5.10 Å². The summed E-state index contributed by atoms with van der Waals surface area (Å²) in [4.78, 5) is 1.34. The van der Waals surface area contributed by atoms with Crippen LogP contribution in [0.5, 0.6) is 0 Å². The maximum atomic E-state index is 4.15. The molecule has 0 aliphatic rings. The lowest BCUT2D eigenvalue weighted by Crippen LogP contribution is -1.81. The maximum Gasteiger partial charge on any atom is 0.0729 e. The van der Waals surface area contributed by atoms with Crippen LogP contribution in [0.25, 0.3) is 0 Å². The SMILES string of the molecule is CCCCSc1c(C)n[nH]c1C. The molecule has 68 valence electrons. The first-order chi connectivity index (χ1) is 5.75. The van der Waals surface area contributed by atoms with E-state index in [-0.39, 0.29) is 0 Å². The molecule has 0 unspecified atom stereocenters. The Balaban J connectivity index is 2.50. The Morgan fingerprint density at radius 1 is 1.42 bits per heavy atom. The highest BCUT2D eigenvalue weighted by atomic mass is 32.2. The lowest BCUT2D eigenvalue weighted by atomic mass is 10.4. The van der Waals surface area contributed by atoms with E-state index in [0.717, 1.165) is 5.69 Å². The van der Waals surface area contributed by atoms with Gasteiger partial charge in [-0.05, 0) is 26.0 Å². The summed E-state index contributed by atoms with van der Waals surface area (Å²) in [6.07, 6.45) is 2.55. The van der Waals surface area contributed by atoms with Crippen LogP contribution < -0.4 is 0 Å². The summed E-state index contributed by atoms with van der Waals surface area (Å²) in [5, 5.41) is 7.14. The number of H-pyrrole nitrogens is 1. The number of nitrogens with zero attached hydrogens (tertiary/aromatic N) is 1. The molecule has 0 fully saturated rings. The van der Waals surface area contributed by atoms with Crippen molar-refractivity contribution in [2.75, 3.05) is 5.75 Å². The number of hydrogen-bond donors (Lipinski definition) is 1. The van der Waals surface area contributed by atoms with Gasteiger partial charge in [0.25, 0.3) is 0 Å². The molecule has 0 aromatic carbocycles. The fraction of sp³-hybridized carbons (Fsp3) is 0.667. The minimum Gasteiger partial charge on any atom is -0.281 e. The zero-order valence-corrected chi connectivity index (χ0v) is 8.79. The third-order valence-corrected chi connectivity index (χ3v) is 3.19. The lowest BCUT2D eigenvalue weighted by molar-refractivity contribution is 0.895. The van der Waals surface area contributed by atoms with Gasteiger partial charge < -0.3 is 0 Å². The first-order valence-corrected chi connectivity index (χ1v) is 5.38. The van der Waals surface area contributed by atoms with Crippen LogP contribution in [0.15, 0.2) is 4.90 Å². The summed E-state index contributed by atoms with van der Waals surface area (Å²) in [6.45, 7) is 6.35. The molecule has 0 bridgehead atoms. The first kappa shape index (κ1) is 9.65. The van der Waals surface area contributed by atoms with E-state index in [1.165, 1.54) is 29.2 Å². The maximum absolute atomic E-state index is 4.15. The van der Waals surface area contributed by atoms with Gasteiger partial charge in [0, 0.05) is 5.69 Å². The molecule has 1 aromatic heterocycles. The molecule has 1 N–H and O–H groups in total. The Kier molecular flexibility index (Phi) is 3.66. The van der Waals surface area contributed by atoms with Crippen molar-refractivity contribution in [1.82, 2.24) is 10.2 Å². The quantitative estimate of drug-likeness (QED) is 0.575. The fourth-order valence-corrected chi connectivity index (χ4v) is 2.23. The van der Waals surface area contributed by atoms with Gasteiger partial charge >= 0.3 is 0 Å². The number of aryl methyl sites for hydroxylation is 2. The van der Waals surface area contributed by atoms with Crippen molar-refractivity contribution in [2.45, 2.75) is 38.5 Å². The molecule has 0 aliphatic heterocycles. The fourth-order valence-electron chi connectivity index (χ4n) is 1.07. The Labute approximate surface area is 78.1 Å². The number of aromatic nitrogens is 2. The molecule has 0 amide bonds. The number of aromatic amines is 1. The van der Waals surface area contributed by atoms with Crippen molar-refractivity contribution in [1.29, 1.82) is 0 Å². The van der Waals surface area contributed by atoms with E-state index in [1.807, 2.05) is 11.8 Å². The van der Waals surface area contributed by atoms with E-state index in [2.05, 4.69) is 31.0 Å². The molecule has 0 spiro atoms. The van der Waals surface area contributed by atoms with Crippen LogP contribution in [0, 0.1) is 13.8 Å². The average molecular weight is 184 g/mol. The summed E-state index contributed by atoms with van der Waals surface area (Å²) in [7, 11) is 0. The van der Waals surface area contributed by atoms with Gasteiger partial charge in [-0.15, -0.1) is 11.8 Å². The Hall–Kier alpha value is -0.440. The van der Waals surface area contributed by atoms with Crippen molar-refractivity contribution >= 4 is 11.8 Å². The van der Waals surface area contributed by atoms with E-state index in [0.29, 0.717) is 0 Å². The number of hydrogen-bond acceptors (Lipinski definition) is 2. The Morgan fingerprint density at radius 2 is 2.17 bits per heavy atom. The zero-order valence-electron chi connectivity index (χ0n) is 7.98. The number of rotatable bonds is 4. The van der Waals surface area contributed by atoms with Gasteiger partial charge in [0.15, 0.2) is 0 Å². The number of unbranched alkanes of at least 4 members (excludes halogenated alkanes) is 1. The summed E-state index contributed by atoms with van der Waals surface area (Å²) < 4.78 is 0. The van der Waals surface area contributed by atoms with Gasteiger partial charge in [-0.1, -0.05) is 13.3 Å². The molecule has 3 heteroatoms. The van der Waals surface area contributed by atoms with Gasteiger partial charge in [-0.2, -0.15) is 5.10 Å². The second-order valence-electron chi connectivity index (χ2n) is 2.97. The zero-order chi connectivity index (χ0) is 8.97. The molecule has 0 aliphatic carbocycles. The molecule has 0 atom stereocenters. The smallest absolute Gasteiger partial charge is 0.0729 e. The van der Waals surface area contributed by atoms with Crippen molar-refractivity contribution in [3.63, 3.8) is 0 Å². The highest BCUT2D eigenvalue weighted by molar-refractivity contribution is 7.99. The largest absolute Gasteiger partial charge is 0.281 e. The normalized spacial score (nSPS) is 10.6. The standard InChI is InChI=1S/C9H16N2S/c1-4-5-6-12-9-7(2)10-11-8(9)3/h4-6H2,1-3H3,(H,10,11). The number of thioether (sulfide) groups is 1. The molecule has 1 aromatic rings. The van der Waals surface area contributed by atoms with Crippen molar-refractivity contribution in [3.8, 4) is 0 Å². The molecular weight excluding hydrogens is 168 g/mol. The molecule has 0 radical (unpaired) electrons. The van der Waals surface area contributed by atoms with Gasteiger partial charge in [0.2, 0.25) is 0 Å². The predicted molar refractivity (Wildman–Crippen MR) is 53.7 cm³/mol. The molecule has 1 rings (SSSR count). The minimum absolute atomic E-state index is 1.13. The summed E-state index contributed by atoms with van der Waals surface area (Å²) in [5.74, 6) is 1.21. The third-order valence-electron chi connectivity index (χ3n) is 1.80. The average Bonchev–Trinajstić information content (AvgIpc) is 2.35. The van der Waals surface area contributed by atoms with E-state index in [9.17, 15) is 0 Å². The predicted octanol–water partition coefficient (Wildman–Crippen LogP) is 2.92. The van der Waals surface area contributed by atoms with E-state index < -0.39 is 0 Å². The van der Waals surface area contributed by atoms with Crippen LogP contribution in [0.1, 0.15) is 31.2 Å². The van der Waals surface area contributed by atoms with Gasteiger partial charge in [0.1, 0.15) is 0 Å². The molecule has 1 heterocycles. The van der Waals surface area contributed by atoms with Crippen LogP contribution >= 0.6 is 11.8 Å². The van der Waals surface area contributed by atoms with Crippen molar-refractivity contribution < 1.29 is 0 Å². The van der Waals surface area contributed by atoms with Crippen LogP contribution in [0.2, 0.25) is 0 Å². The van der Waals surface area contributed by atoms with Gasteiger partial charge in [-0.25, -0.2) is 0 Å². The summed E-state index contributed by atoms with van der Waals surface area (Å²) >= 11 is 1.91. The minimum atomic E-state index is 1.13. The summed E-state index contributed by atoms with van der Waals surface area (Å²) in [6, 6.07) is 0. The van der Waals surface area contributed by atoms with E-state index in [1.54, 1.807) is 0 Å². The molecule has 0 saturated heterocycles. The second-order valence-corrected chi connectivity index (χ2v) is 4.07. The lowest BCUT2D eigenvalue weighted by Gasteiger charge is -1.98. The van der Waals surface area contributed by atoms with E-state index >= 15 is 0 Å². The van der Waals surface area contributed by atoms with Crippen LogP contribution in [-0.2, 0) is 0 Å². The molecular formula is C9H16N2S. The van der Waals surface area contributed by atoms with Gasteiger partial charge in [0.05, 0.1) is 10.6 Å². The highest BCUT2D eigenvalue weighted by Crippen LogP contribution is 2.24. The van der Waals surface area contributed by atoms with Crippen molar-refractivity contribution in [2.24, 2.45) is 0 Å². The molecule has 12 heavy (non-hydrogen) atoms. The highest BCUT2D eigenvalue weighted by Gasteiger charge is 2.05. The number of nitrogens with one attached hydrogen (secondary N) is 1. The monoisotopic (exact) mass is 184 g/mol. The first-order valence-electron chi connectivity index (χ1n) is 4.40. The molecule has 0 saturated carbocycles. The Bertz CT molecular complexity index is 223. The molecule has 2 nitrogen and oxygen atoms in total. The Morgan fingerprint density at radius 3 is 2.67 bits per heavy atom. The third kappa shape index (κ3) is 2.27. The summed E-state index contributed by atoms with van der Waals surface area (Å²) in [5.41, 5.74) is 2.34. The second kappa shape index (κ2) is 4.55. The van der Waals surface area contributed by atoms with E-state index in [4.69, 9.17) is 0 Å². The van der Waals surface area contributed by atoms with Crippen LogP contribution in [0.4, 0.5) is 0 Å². The van der Waals surface area contributed by atoms with Crippen LogP contribution in [-0.4, -0.2) is 16.0 Å². The van der Waals surface area contributed by atoms with Crippen molar-refractivity contribution in [3.05, 3.63) is 11.4 Å². The topological polar surface area (TPSA) is 28.7 Å². The van der Waals surface area contributed by atoms with Crippen LogP contribution in [0.3, 0.4) is 0 Å².